The zero-order valence-corrected chi connectivity index (χ0v) is 12.3. The van der Waals surface area contributed by atoms with Crippen molar-refractivity contribution < 1.29 is 13.2 Å². The van der Waals surface area contributed by atoms with E-state index in [9.17, 15) is 8.42 Å². The fourth-order valence-electron chi connectivity index (χ4n) is 1.79. The SMILES string of the molecule is CCOc1ccc(C)cc1S(=O)(=O)N(CC)CC. The van der Waals surface area contributed by atoms with E-state index in [1.165, 1.54) is 4.31 Å². The highest BCUT2D eigenvalue weighted by atomic mass is 32.2. The molecular weight excluding hydrogens is 250 g/mol. The molecule has 0 saturated carbocycles. The van der Waals surface area contributed by atoms with Crippen molar-refractivity contribution in [3.63, 3.8) is 0 Å². The van der Waals surface area contributed by atoms with E-state index in [1.54, 1.807) is 12.1 Å². The smallest absolute Gasteiger partial charge is 0.246 e. The molecule has 0 atom stereocenters. The van der Waals surface area contributed by atoms with Crippen molar-refractivity contribution in [2.45, 2.75) is 32.6 Å². The Morgan fingerprint density at radius 1 is 1.17 bits per heavy atom. The van der Waals surface area contributed by atoms with Gasteiger partial charge in [0.1, 0.15) is 10.6 Å². The van der Waals surface area contributed by atoms with Gasteiger partial charge in [-0.3, -0.25) is 0 Å². The molecule has 102 valence electrons. The molecule has 4 nitrogen and oxygen atoms in total. The van der Waals surface area contributed by atoms with E-state index in [-0.39, 0.29) is 4.90 Å². The second-order valence-electron chi connectivity index (χ2n) is 3.97. The summed E-state index contributed by atoms with van der Waals surface area (Å²) in [6.45, 7) is 8.74. The molecule has 0 spiro atoms. The fraction of sp³-hybridized carbons (Fsp3) is 0.538. The third-order valence-electron chi connectivity index (χ3n) is 2.72. The molecule has 0 saturated heterocycles. The molecule has 0 amide bonds. The van der Waals surface area contributed by atoms with Crippen LogP contribution < -0.4 is 4.74 Å². The zero-order chi connectivity index (χ0) is 13.8. The van der Waals surface area contributed by atoms with E-state index in [1.807, 2.05) is 33.8 Å². The average molecular weight is 271 g/mol. The average Bonchev–Trinajstić information content (AvgIpc) is 2.33. The second kappa shape index (κ2) is 6.20. The van der Waals surface area contributed by atoms with Gasteiger partial charge in [-0.1, -0.05) is 19.9 Å². The van der Waals surface area contributed by atoms with Crippen molar-refractivity contribution in [3.05, 3.63) is 23.8 Å². The van der Waals surface area contributed by atoms with Gasteiger partial charge >= 0.3 is 0 Å². The first-order valence-electron chi connectivity index (χ1n) is 6.20. The molecule has 18 heavy (non-hydrogen) atoms. The Labute approximate surface area is 110 Å². The molecular formula is C13H21NO3S. The molecule has 1 aromatic rings. The molecule has 5 heteroatoms. The minimum Gasteiger partial charge on any atom is -0.492 e. The quantitative estimate of drug-likeness (QED) is 0.798. The van der Waals surface area contributed by atoms with Gasteiger partial charge in [0.2, 0.25) is 10.0 Å². The third-order valence-corrected chi connectivity index (χ3v) is 4.79. The van der Waals surface area contributed by atoms with Gasteiger partial charge in [-0.15, -0.1) is 0 Å². The van der Waals surface area contributed by atoms with Crippen molar-refractivity contribution in [1.82, 2.24) is 4.31 Å². The van der Waals surface area contributed by atoms with Crippen molar-refractivity contribution in [1.29, 1.82) is 0 Å². The van der Waals surface area contributed by atoms with Crippen LogP contribution in [0.5, 0.6) is 5.75 Å². The molecule has 0 unspecified atom stereocenters. The number of sulfonamides is 1. The van der Waals surface area contributed by atoms with E-state index < -0.39 is 10.0 Å². The lowest BCUT2D eigenvalue weighted by molar-refractivity contribution is 0.329. The molecule has 0 N–H and O–H groups in total. The minimum absolute atomic E-state index is 0.257. The lowest BCUT2D eigenvalue weighted by Crippen LogP contribution is -2.31. The standard InChI is InChI=1S/C13H21NO3S/c1-5-14(6-2)18(15,16)13-10-11(4)8-9-12(13)17-7-3/h8-10H,5-7H2,1-4H3. The molecule has 0 aliphatic carbocycles. The van der Waals surface area contributed by atoms with Gasteiger partial charge in [-0.25, -0.2) is 8.42 Å². The van der Waals surface area contributed by atoms with Gasteiger partial charge in [0.05, 0.1) is 6.61 Å². The van der Waals surface area contributed by atoms with Crippen LogP contribution in [0.15, 0.2) is 23.1 Å². The summed E-state index contributed by atoms with van der Waals surface area (Å²) >= 11 is 0. The van der Waals surface area contributed by atoms with Gasteiger partial charge < -0.3 is 4.74 Å². The Balaban J connectivity index is 3.33. The number of hydrogen-bond donors (Lipinski definition) is 0. The van der Waals surface area contributed by atoms with Crippen molar-refractivity contribution >= 4 is 10.0 Å². The predicted octanol–water partition coefficient (Wildman–Crippen LogP) is 2.42. The summed E-state index contributed by atoms with van der Waals surface area (Å²) in [5.74, 6) is 0.426. The van der Waals surface area contributed by atoms with Gasteiger partial charge in [0.25, 0.3) is 0 Å². The lowest BCUT2D eigenvalue weighted by atomic mass is 10.2. The summed E-state index contributed by atoms with van der Waals surface area (Å²) < 4.78 is 31.8. The van der Waals surface area contributed by atoms with Crippen LogP contribution in [0.1, 0.15) is 26.3 Å². The normalized spacial score (nSPS) is 11.8. The number of rotatable bonds is 6. The Morgan fingerprint density at radius 3 is 2.28 bits per heavy atom. The maximum absolute atomic E-state index is 12.5. The van der Waals surface area contributed by atoms with Gasteiger partial charge in [-0.2, -0.15) is 4.31 Å². The van der Waals surface area contributed by atoms with Crippen molar-refractivity contribution in [3.8, 4) is 5.75 Å². The van der Waals surface area contributed by atoms with Crippen LogP contribution >= 0.6 is 0 Å². The Hall–Kier alpha value is -1.07. The van der Waals surface area contributed by atoms with Crippen LogP contribution in [0.2, 0.25) is 0 Å². The van der Waals surface area contributed by atoms with Gasteiger partial charge in [0.15, 0.2) is 0 Å². The van der Waals surface area contributed by atoms with Crippen LogP contribution in [-0.4, -0.2) is 32.4 Å². The first-order chi connectivity index (χ1) is 8.47. The van der Waals surface area contributed by atoms with Crippen molar-refractivity contribution in [2.75, 3.05) is 19.7 Å². The molecule has 0 bridgehead atoms. The highest BCUT2D eigenvalue weighted by Gasteiger charge is 2.25. The number of aryl methyl sites for hydroxylation is 1. The maximum atomic E-state index is 12.5. The predicted molar refractivity (Wildman–Crippen MR) is 72.5 cm³/mol. The summed E-state index contributed by atoms with van der Waals surface area (Å²) in [5, 5.41) is 0. The largest absolute Gasteiger partial charge is 0.492 e. The first-order valence-corrected chi connectivity index (χ1v) is 7.64. The fourth-order valence-corrected chi connectivity index (χ4v) is 3.47. The first kappa shape index (κ1) is 15.0. The zero-order valence-electron chi connectivity index (χ0n) is 11.4. The monoisotopic (exact) mass is 271 g/mol. The lowest BCUT2D eigenvalue weighted by Gasteiger charge is -2.20. The molecule has 0 radical (unpaired) electrons. The second-order valence-corrected chi connectivity index (χ2v) is 5.88. The molecule has 1 aromatic carbocycles. The molecule has 0 aromatic heterocycles. The van der Waals surface area contributed by atoms with Crippen LogP contribution in [-0.2, 0) is 10.0 Å². The molecule has 0 fully saturated rings. The molecule has 0 heterocycles. The number of ether oxygens (including phenoxy) is 1. The van der Waals surface area contributed by atoms with E-state index in [0.29, 0.717) is 25.4 Å². The number of nitrogens with zero attached hydrogens (tertiary/aromatic N) is 1. The summed E-state index contributed by atoms with van der Waals surface area (Å²) in [5.41, 5.74) is 0.907. The molecule has 0 aliphatic heterocycles. The summed E-state index contributed by atoms with van der Waals surface area (Å²) in [4.78, 5) is 0.257. The maximum Gasteiger partial charge on any atom is 0.246 e. The summed E-state index contributed by atoms with van der Waals surface area (Å²) in [6, 6.07) is 5.24. The van der Waals surface area contributed by atoms with Crippen LogP contribution in [0.25, 0.3) is 0 Å². The van der Waals surface area contributed by atoms with Crippen LogP contribution in [0, 0.1) is 6.92 Å². The van der Waals surface area contributed by atoms with Crippen LogP contribution in [0.4, 0.5) is 0 Å². The Bertz CT molecular complexity index is 493. The number of benzene rings is 1. The molecule has 0 aliphatic rings. The Morgan fingerprint density at radius 2 is 1.78 bits per heavy atom. The Kier molecular flexibility index (Phi) is 5.16. The van der Waals surface area contributed by atoms with E-state index in [4.69, 9.17) is 4.74 Å². The van der Waals surface area contributed by atoms with E-state index in [0.717, 1.165) is 5.56 Å². The van der Waals surface area contributed by atoms with Crippen LogP contribution in [0.3, 0.4) is 0 Å². The number of hydrogen-bond acceptors (Lipinski definition) is 3. The summed E-state index contributed by atoms with van der Waals surface area (Å²) in [7, 11) is -3.47. The third kappa shape index (κ3) is 3.03. The highest BCUT2D eigenvalue weighted by Crippen LogP contribution is 2.27. The minimum atomic E-state index is -3.47. The van der Waals surface area contributed by atoms with Gasteiger partial charge in [0, 0.05) is 13.1 Å². The summed E-state index contributed by atoms with van der Waals surface area (Å²) in [6.07, 6.45) is 0. The van der Waals surface area contributed by atoms with Gasteiger partial charge in [-0.05, 0) is 31.5 Å². The topological polar surface area (TPSA) is 46.6 Å². The van der Waals surface area contributed by atoms with E-state index in [2.05, 4.69) is 0 Å². The van der Waals surface area contributed by atoms with Crippen molar-refractivity contribution in [2.24, 2.45) is 0 Å². The highest BCUT2D eigenvalue weighted by molar-refractivity contribution is 7.89. The molecule has 1 rings (SSSR count). The van der Waals surface area contributed by atoms with E-state index >= 15 is 0 Å².